The van der Waals surface area contributed by atoms with Crippen LogP contribution in [0.3, 0.4) is 0 Å². The molecule has 1 atom stereocenters. The molecule has 0 radical (unpaired) electrons. The van der Waals surface area contributed by atoms with Gasteiger partial charge in [-0.05, 0) is 56.1 Å². The molecule has 0 spiro atoms. The lowest BCUT2D eigenvalue weighted by molar-refractivity contribution is -0.159. The Hall–Kier alpha value is -1.77. The van der Waals surface area contributed by atoms with Crippen LogP contribution in [-0.2, 0) is 15.8 Å². The Morgan fingerprint density at radius 1 is 1.19 bits per heavy atom. The molecular formula is C25H32Cl2N6O2S. The first-order chi connectivity index (χ1) is 17.5. The summed E-state index contributed by atoms with van der Waals surface area (Å²) in [5, 5.41) is 10.7. The highest BCUT2D eigenvalue weighted by atomic mass is 35.5. The Morgan fingerprint density at radius 2 is 2.00 bits per heavy atom. The molecule has 0 saturated carbocycles. The van der Waals surface area contributed by atoms with Crippen molar-refractivity contribution in [2.45, 2.75) is 44.8 Å². The van der Waals surface area contributed by atoms with Crippen molar-refractivity contribution in [3.63, 3.8) is 0 Å². The fraction of sp³-hybridized carbons (Fsp3) is 0.520. The average Bonchev–Trinajstić information content (AvgIpc) is 2.90. The summed E-state index contributed by atoms with van der Waals surface area (Å²) >= 11 is 13.6. The summed E-state index contributed by atoms with van der Waals surface area (Å²) in [5.74, 6) is 0.823. The predicted molar refractivity (Wildman–Crippen MR) is 146 cm³/mol. The average molecular weight is 552 g/mol. The summed E-state index contributed by atoms with van der Waals surface area (Å²) in [5.41, 5.74) is 2.48. The Balaban J connectivity index is 1.32. The molecule has 2 aliphatic rings. The largest absolute Gasteiger partial charge is 0.353 e. The number of nitrogens with zero attached hydrogens (tertiary/aromatic N) is 5. The molecule has 36 heavy (non-hydrogen) atoms. The maximum absolute atomic E-state index is 9.45. The van der Waals surface area contributed by atoms with E-state index in [9.17, 15) is 5.26 Å². The first-order valence-electron chi connectivity index (χ1n) is 12.2. The van der Waals surface area contributed by atoms with E-state index in [0.717, 1.165) is 87.8 Å². The second-order valence-electron chi connectivity index (χ2n) is 9.12. The van der Waals surface area contributed by atoms with E-state index in [2.05, 4.69) is 42.3 Å². The van der Waals surface area contributed by atoms with Gasteiger partial charge in [-0.15, -0.1) is 4.33 Å². The molecule has 0 amide bonds. The number of hydrogen-bond donors (Lipinski definition) is 1. The van der Waals surface area contributed by atoms with E-state index in [1.54, 1.807) is 12.3 Å². The van der Waals surface area contributed by atoms with E-state index >= 15 is 0 Å². The Kier molecular flexibility index (Phi) is 9.96. The molecule has 3 heterocycles. The zero-order valence-corrected chi connectivity index (χ0v) is 23.0. The van der Waals surface area contributed by atoms with Gasteiger partial charge in [0.25, 0.3) is 0 Å². The minimum atomic E-state index is 0.457. The van der Waals surface area contributed by atoms with Gasteiger partial charge in [0.1, 0.15) is 18.0 Å². The molecule has 194 valence electrons. The summed E-state index contributed by atoms with van der Waals surface area (Å²) < 4.78 is 7.76. The fourth-order valence-electron chi connectivity index (χ4n) is 5.16. The van der Waals surface area contributed by atoms with Crippen LogP contribution >= 0.6 is 35.4 Å². The van der Waals surface area contributed by atoms with Gasteiger partial charge in [0.2, 0.25) is 0 Å². The molecule has 2 aliphatic heterocycles. The van der Waals surface area contributed by atoms with Crippen molar-refractivity contribution in [1.29, 1.82) is 5.26 Å². The number of rotatable bonds is 9. The van der Waals surface area contributed by atoms with Crippen LogP contribution in [0.4, 0.5) is 11.5 Å². The van der Waals surface area contributed by atoms with Crippen molar-refractivity contribution < 1.29 is 9.22 Å². The summed E-state index contributed by atoms with van der Waals surface area (Å²) in [6.45, 7) is 7.91. The van der Waals surface area contributed by atoms with Gasteiger partial charge in [0, 0.05) is 43.3 Å². The van der Waals surface area contributed by atoms with Gasteiger partial charge in [-0.2, -0.15) is 5.26 Å². The van der Waals surface area contributed by atoms with Crippen LogP contribution in [0.1, 0.15) is 37.3 Å². The Labute approximate surface area is 227 Å². The third-order valence-electron chi connectivity index (χ3n) is 6.99. The molecule has 2 saturated heterocycles. The summed E-state index contributed by atoms with van der Waals surface area (Å²) in [6.07, 6.45) is 5.10. The number of aromatic nitrogens is 1. The van der Waals surface area contributed by atoms with Crippen LogP contribution in [-0.4, -0.2) is 66.7 Å². The SMILES string of the molecule is CC[C@H]1CN(c2ncc(NSOOC)cc2Cl)CCN1C1CCN(Cc2ccc(Cl)cc2C#N)CC1. The van der Waals surface area contributed by atoms with Crippen molar-refractivity contribution in [3.05, 3.63) is 51.6 Å². The molecule has 8 nitrogen and oxygen atoms in total. The van der Waals surface area contributed by atoms with Crippen molar-refractivity contribution in [2.24, 2.45) is 0 Å². The van der Waals surface area contributed by atoms with Gasteiger partial charge in [0.05, 0.1) is 35.6 Å². The number of pyridine rings is 1. The van der Waals surface area contributed by atoms with E-state index in [1.807, 2.05) is 18.2 Å². The lowest BCUT2D eigenvalue weighted by Gasteiger charge is -2.47. The maximum Gasteiger partial charge on any atom is 0.149 e. The van der Waals surface area contributed by atoms with Gasteiger partial charge in [-0.25, -0.2) is 9.87 Å². The highest BCUT2D eigenvalue weighted by Gasteiger charge is 2.34. The number of piperazine rings is 1. The monoisotopic (exact) mass is 550 g/mol. The van der Waals surface area contributed by atoms with Gasteiger partial charge in [-0.1, -0.05) is 36.2 Å². The minimum Gasteiger partial charge on any atom is -0.353 e. The molecule has 4 rings (SSSR count). The van der Waals surface area contributed by atoms with Crippen molar-refractivity contribution in [2.75, 3.05) is 49.5 Å². The number of nitriles is 1. The Bertz CT molecular complexity index is 1060. The fourth-order valence-corrected chi connectivity index (χ4v) is 5.93. The molecule has 0 aliphatic carbocycles. The first kappa shape index (κ1) is 27.3. The number of nitrogens with one attached hydrogen (secondary N) is 1. The summed E-state index contributed by atoms with van der Waals surface area (Å²) in [7, 11) is 1.45. The molecule has 2 fully saturated rings. The molecule has 1 aromatic heterocycles. The van der Waals surface area contributed by atoms with E-state index in [-0.39, 0.29) is 0 Å². The zero-order chi connectivity index (χ0) is 25.5. The van der Waals surface area contributed by atoms with Crippen molar-refractivity contribution >= 4 is 46.9 Å². The number of benzene rings is 1. The third-order valence-corrected chi connectivity index (χ3v) is 8.03. The Morgan fingerprint density at radius 3 is 2.69 bits per heavy atom. The number of likely N-dealkylation sites (tertiary alicyclic amines) is 1. The highest BCUT2D eigenvalue weighted by molar-refractivity contribution is 7.95. The van der Waals surface area contributed by atoms with Crippen LogP contribution in [0.5, 0.6) is 0 Å². The van der Waals surface area contributed by atoms with Crippen LogP contribution in [0, 0.1) is 11.3 Å². The maximum atomic E-state index is 9.45. The van der Waals surface area contributed by atoms with Crippen LogP contribution in [0.2, 0.25) is 10.0 Å². The topological polar surface area (TPSA) is 76.9 Å². The van der Waals surface area contributed by atoms with Crippen LogP contribution < -0.4 is 9.62 Å². The zero-order valence-electron chi connectivity index (χ0n) is 20.6. The van der Waals surface area contributed by atoms with Gasteiger partial charge >= 0.3 is 0 Å². The van der Waals surface area contributed by atoms with Crippen molar-refractivity contribution in [1.82, 2.24) is 14.8 Å². The molecule has 2 aromatic rings. The molecule has 0 bridgehead atoms. The lowest BCUT2D eigenvalue weighted by Crippen LogP contribution is -2.58. The number of anilines is 2. The second-order valence-corrected chi connectivity index (χ2v) is 10.5. The molecular weight excluding hydrogens is 519 g/mol. The molecule has 1 aromatic carbocycles. The van der Waals surface area contributed by atoms with Crippen molar-refractivity contribution in [3.8, 4) is 6.07 Å². The quantitative estimate of drug-likeness (QED) is 0.145. The normalized spacial score (nSPS) is 19.9. The second kappa shape index (κ2) is 13.2. The smallest absolute Gasteiger partial charge is 0.149 e. The lowest BCUT2D eigenvalue weighted by atomic mass is 9.97. The molecule has 0 unspecified atom stereocenters. The van der Waals surface area contributed by atoms with Crippen LogP contribution in [0.15, 0.2) is 30.5 Å². The summed E-state index contributed by atoms with van der Waals surface area (Å²) in [4.78, 5) is 16.6. The van der Waals surface area contributed by atoms with Crippen LogP contribution in [0.25, 0.3) is 0 Å². The van der Waals surface area contributed by atoms with Gasteiger partial charge in [0.15, 0.2) is 0 Å². The van der Waals surface area contributed by atoms with Gasteiger partial charge in [-0.3, -0.25) is 9.80 Å². The minimum absolute atomic E-state index is 0.457. The standard InChI is InChI=1S/C25H32Cl2N6O2S/c1-3-22-17-32(25-24(27)13-21(15-29-25)30-36-35-34-2)10-11-33(22)23-6-8-31(9-7-23)16-18-4-5-20(26)12-19(18)14-28/h4-5,12-13,15,22-23,30H,3,6-11,16-17H2,1-2H3/t22-/m0/s1. The molecule has 11 heteroatoms. The summed E-state index contributed by atoms with van der Waals surface area (Å²) in [6, 6.07) is 10.8. The number of piperidine rings is 1. The van der Waals surface area contributed by atoms with E-state index in [1.165, 1.54) is 7.11 Å². The van der Waals surface area contributed by atoms with E-state index in [0.29, 0.717) is 27.7 Å². The molecule has 1 N–H and O–H groups in total. The van der Waals surface area contributed by atoms with E-state index in [4.69, 9.17) is 27.5 Å². The number of hydrogen-bond acceptors (Lipinski definition) is 9. The first-order valence-corrected chi connectivity index (χ1v) is 13.7. The van der Waals surface area contributed by atoms with Gasteiger partial charge < -0.3 is 9.62 Å². The van der Waals surface area contributed by atoms with E-state index < -0.39 is 0 Å². The highest BCUT2D eigenvalue weighted by Crippen LogP contribution is 2.31. The third kappa shape index (κ3) is 6.75. The predicted octanol–water partition coefficient (Wildman–Crippen LogP) is 5.38. The number of halogens is 2.